The standard InChI is InChI=1S/C26H19NO2S/c28-26(29)22-16-21-25(30-22)23(19-12-6-2-7-13-19)24(20-14-8-3-9-15-20)27(21)17-18-10-4-1-5-11-18/h1-16H,17H2,(H,28,29). The summed E-state index contributed by atoms with van der Waals surface area (Å²) in [5, 5.41) is 9.63. The highest BCUT2D eigenvalue weighted by Crippen LogP contribution is 2.44. The summed E-state index contributed by atoms with van der Waals surface area (Å²) in [5.74, 6) is -0.886. The van der Waals surface area contributed by atoms with E-state index in [0.717, 1.165) is 32.6 Å². The molecule has 5 aromatic rings. The molecular formula is C26H19NO2S. The van der Waals surface area contributed by atoms with E-state index in [-0.39, 0.29) is 0 Å². The molecule has 30 heavy (non-hydrogen) atoms. The molecule has 0 fully saturated rings. The van der Waals surface area contributed by atoms with Crippen LogP contribution in [-0.4, -0.2) is 15.6 Å². The van der Waals surface area contributed by atoms with Crippen LogP contribution < -0.4 is 0 Å². The second-order valence-electron chi connectivity index (χ2n) is 7.16. The molecule has 0 atom stereocenters. The van der Waals surface area contributed by atoms with Gasteiger partial charge in [0.25, 0.3) is 0 Å². The van der Waals surface area contributed by atoms with Gasteiger partial charge < -0.3 is 9.67 Å². The molecule has 0 aliphatic heterocycles. The van der Waals surface area contributed by atoms with Gasteiger partial charge in [-0.25, -0.2) is 4.79 Å². The van der Waals surface area contributed by atoms with E-state index in [1.165, 1.54) is 16.9 Å². The van der Waals surface area contributed by atoms with Gasteiger partial charge >= 0.3 is 5.97 Å². The molecule has 0 bridgehead atoms. The number of carboxylic acid groups (broad SMARTS) is 1. The molecule has 0 spiro atoms. The molecule has 3 aromatic carbocycles. The molecule has 0 saturated heterocycles. The maximum Gasteiger partial charge on any atom is 0.345 e. The average molecular weight is 410 g/mol. The smallest absolute Gasteiger partial charge is 0.345 e. The number of carbonyl (C=O) groups is 1. The first-order chi connectivity index (χ1) is 14.7. The molecule has 0 aliphatic rings. The van der Waals surface area contributed by atoms with Crippen molar-refractivity contribution in [3.63, 3.8) is 0 Å². The molecule has 3 nitrogen and oxygen atoms in total. The average Bonchev–Trinajstić information content (AvgIpc) is 3.34. The van der Waals surface area contributed by atoms with Crippen LogP contribution in [0, 0.1) is 0 Å². The minimum absolute atomic E-state index is 0.360. The fourth-order valence-electron chi connectivity index (χ4n) is 3.93. The van der Waals surface area contributed by atoms with Gasteiger partial charge in [0.1, 0.15) is 4.88 Å². The summed E-state index contributed by atoms with van der Waals surface area (Å²) in [6.45, 7) is 0.671. The van der Waals surface area contributed by atoms with E-state index >= 15 is 0 Å². The Kier molecular flexibility index (Phi) is 4.69. The van der Waals surface area contributed by atoms with Crippen molar-refractivity contribution < 1.29 is 9.90 Å². The normalized spacial score (nSPS) is 11.1. The Morgan fingerprint density at radius 3 is 1.97 bits per heavy atom. The Morgan fingerprint density at radius 1 is 0.800 bits per heavy atom. The summed E-state index contributed by atoms with van der Waals surface area (Å²) in [4.78, 5) is 12.1. The number of hydrogen-bond acceptors (Lipinski definition) is 2. The van der Waals surface area contributed by atoms with E-state index < -0.39 is 5.97 Å². The maximum absolute atomic E-state index is 11.7. The summed E-state index contributed by atoms with van der Waals surface area (Å²) in [6, 6.07) is 32.7. The topological polar surface area (TPSA) is 42.2 Å². The van der Waals surface area contributed by atoms with Crippen LogP contribution in [0.15, 0.2) is 97.1 Å². The highest BCUT2D eigenvalue weighted by Gasteiger charge is 2.24. The number of aromatic nitrogens is 1. The Balaban J connectivity index is 1.86. The van der Waals surface area contributed by atoms with Crippen LogP contribution in [0.2, 0.25) is 0 Å². The highest BCUT2D eigenvalue weighted by molar-refractivity contribution is 7.21. The van der Waals surface area contributed by atoms with Gasteiger partial charge in [-0.1, -0.05) is 91.0 Å². The lowest BCUT2D eigenvalue weighted by Gasteiger charge is -2.13. The number of nitrogens with zero attached hydrogens (tertiary/aromatic N) is 1. The van der Waals surface area contributed by atoms with Crippen molar-refractivity contribution in [2.75, 3.05) is 0 Å². The predicted octanol–water partition coefficient (Wildman–Crippen LogP) is 6.78. The van der Waals surface area contributed by atoms with Gasteiger partial charge in [-0.15, -0.1) is 11.3 Å². The molecular weight excluding hydrogens is 390 g/mol. The lowest BCUT2D eigenvalue weighted by atomic mass is 10.0. The Labute approximate surface area is 178 Å². The molecule has 146 valence electrons. The van der Waals surface area contributed by atoms with E-state index in [1.54, 1.807) is 0 Å². The lowest BCUT2D eigenvalue weighted by Crippen LogP contribution is -2.02. The monoisotopic (exact) mass is 409 g/mol. The molecule has 2 heterocycles. The number of thiophene rings is 1. The molecule has 1 N–H and O–H groups in total. The van der Waals surface area contributed by atoms with Crippen molar-refractivity contribution in [2.45, 2.75) is 6.54 Å². The number of aromatic carboxylic acids is 1. The van der Waals surface area contributed by atoms with Crippen LogP contribution >= 0.6 is 11.3 Å². The quantitative estimate of drug-likeness (QED) is 0.347. The zero-order chi connectivity index (χ0) is 20.5. The zero-order valence-corrected chi connectivity index (χ0v) is 17.0. The fraction of sp³-hybridized carbons (Fsp3) is 0.0385. The second kappa shape index (κ2) is 7.65. The highest BCUT2D eigenvalue weighted by atomic mass is 32.1. The van der Waals surface area contributed by atoms with Crippen LogP contribution in [0.5, 0.6) is 0 Å². The van der Waals surface area contributed by atoms with Gasteiger partial charge in [-0.05, 0) is 22.8 Å². The third-order valence-corrected chi connectivity index (χ3v) is 6.37. The number of carboxylic acids is 1. The van der Waals surface area contributed by atoms with E-state index in [1.807, 2.05) is 60.7 Å². The van der Waals surface area contributed by atoms with Crippen molar-refractivity contribution in [2.24, 2.45) is 0 Å². The molecule has 0 radical (unpaired) electrons. The van der Waals surface area contributed by atoms with E-state index in [9.17, 15) is 9.90 Å². The van der Waals surface area contributed by atoms with Gasteiger partial charge in [-0.3, -0.25) is 0 Å². The van der Waals surface area contributed by atoms with Gasteiger partial charge in [0.2, 0.25) is 0 Å². The Morgan fingerprint density at radius 2 is 1.37 bits per heavy atom. The number of hydrogen-bond donors (Lipinski definition) is 1. The molecule has 2 aromatic heterocycles. The zero-order valence-electron chi connectivity index (χ0n) is 16.2. The first kappa shape index (κ1) is 18.4. The van der Waals surface area contributed by atoms with Crippen molar-refractivity contribution in [1.82, 2.24) is 4.57 Å². The molecule has 0 unspecified atom stereocenters. The van der Waals surface area contributed by atoms with E-state index in [4.69, 9.17) is 0 Å². The third kappa shape index (κ3) is 3.21. The molecule has 5 rings (SSSR count). The number of benzene rings is 3. The van der Waals surface area contributed by atoms with Crippen LogP contribution in [0.1, 0.15) is 15.2 Å². The summed E-state index contributed by atoms with van der Waals surface area (Å²) in [7, 11) is 0. The molecule has 0 amide bonds. The summed E-state index contributed by atoms with van der Waals surface area (Å²) < 4.78 is 3.26. The SMILES string of the molecule is O=C(O)c1cc2c(s1)c(-c1ccccc1)c(-c1ccccc1)n2Cc1ccccc1. The van der Waals surface area contributed by atoms with Crippen molar-refractivity contribution in [1.29, 1.82) is 0 Å². The van der Waals surface area contributed by atoms with Gasteiger partial charge in [0.05, 0.1) is 15.9 Å². The van der Waals surface area contributed by atoms with Gasteiger partial charge in [0.15, 0.2) is 0 Å². The van der Waals surface area contributed by atoms with Crippen LogP contribution in [-0.2, 0) is 6.54 Å². The fourth-order valence-corrected chi connectivity index (χ4v) is 5.00. The first-order valence-electron chi connectivity index (χ1n) is 9.76. The van der Waals surface area contributed by atoms with Crippen LogP contribution in [0.3, 0.4) is 0 Å². The largest absolute Gasteiger partial charge is 0.477 e. The van der Waals surface area contributed by atoms with Crippen molar-refractivity contribution in [3.05, 3.63) is 108 Å². The molecule has 0 saturated carbocycles. The first-order valence-corrected chi connectivity index (χ1v) is 10.6. The van der Waals surface area contributed by atoms with Gasteiger partial charge in [0, 0.05) is 12.1 Å². The van der Waals surface area contributed by atoms with Crippen LogP contribution in [0.25, 0.3) is 32.6 Å². The van der Waals surface area contributed by atoms with E-state index in [0.29, 0.717) is 11.4 Å². The predicted molar refractivity (Wildman–Crippen MR) is 123 cm³/mol. The Hall–Kier alpha value is -3.63. The van der Waals surface area contributed by atoms with Gasteiger partial charge in [-0.2, -0.15) is 0 Å². The van der Waals surface area contributed by atoms with Crippen LogP contribution in [0.4, 0.5) is 0 Å². The summed E-state index contributed by atoms with van der Waals surface area (Å²) in [5.41, 5.74) is 6.54. The maximum atomic E-state index is 11.7. The molecule has 4 heteroatoms. The second-order valence-corrected chi connectivity index (χ2v) is 8.21. The lowest BCUT2D eigenvalue weighted by molar-refractivity contribution is 0.0702. The third-order valence-electron chi connectivity index (χ3n) is 5.24. The summed E-state index contributed by atoms with van der Waals surface area (Å²) >= 11 is 1.35. The minimum Gasteiger partial charge on any atom is -0.477 e. The van der Waals surface area contributed by atoms with E-state index in [2.05, 4.69) is 41.0 Å². The number of fused-ring (bicyclic) bond motifs is 1. The van der Waals surface area contributed by atoms with Crippen molar-refractivity contribution >= 4 is 27.5 Å². The van der Waals surface area contributed by atoms with Crippen molar-refractivity contribution in [3.8, 4) is 22.4 Å². The number of rotatable bonds is 5. The molecule has 0 aliphatic carbocycles. The minimum atomic E-state index is -0.886. The summed E-state index contributed by atoms with van der Waals surface area (Å²) in [6.07, 6.45) is 0. The Bertz CT molecular complexity index is 1320.